The zero-order valence-corrected chi connectivity index (χ0v) is 11.2. The fraction of sp³-hybridized carbons (Fsp3) is 0.333. The van der Waals surface area contributed by atoms with Crippen molar-refractivity contribution < 1.29 is 28.2 Å². The molecule has 1 aromatic rings. The van der Waals surface area contributed by atoms with Gasteiger partial charge in [0.1, 0.15) is 5.75 Å². The molecule has 0 unspecified atom stereocenters. The molecule has 0 saturated carbocycles. The number of aliphatic carboxylic acids is 1. The molecule has 1 amide bonds. The fourth-order valence-corrected chi connectivity index (χ4v) is 1.84. The van der Waals surface area contributed by atoms with Crippen LogP contribution in [-0.4, -0.2) is 35.1 Å². The molecule has 0 aromatic heterocycles. The van der Waals surface area contributed by atoms with Crippen LogP contribution in [0.4, 0.5) is 8.78 Å². The van der Waals surface area contributed by atoms with Crippen LogP contribution in [0.25, 0.3) is 0 Å². The second-order valence-electron chi connectivity index (χ2n) is 3.69. The zero-order valence-electron chi connectivity index (χ0n) is 10.3. The zero-order chi connectivity index (χ0) is 15.0. The Balaban J connectivity index is 2.30. The SMILES string of the molecule is O=C(O)CSCC(=O)NCc1ccc(OC(F)F)cc1. The predicted octanol–water partition coefficient (Wildman–Crippen LogP) is 1.72. The molecule has 0 fully saturated rings. The summed E-state index contributed by atoms with van der Waals surface area (Å²) in [5, 5.41) is 11.0. The third-order valence-electron chi connectivity index (χ3n) is 2.10. The van der Waals surface area contributed by atoms with Crippen molar-refractivity contribution in [3.63, 3.8) is 0 Å². The number of carbonyl (C=O) groups excluding carboxylic acids is 1. The summed E-state index contributed by atoms with van der Waals surface area (Å²) in [5.74, 6) is -1.29. The number of nitrogens with one attached hydrogen (secondary N) is 1. The minimum atomic E-state index is -2.87. The second-order valence-corrected chi connectivity index (χ2v) is 4.67. The molecule has 110 valence electrons. The summed E-state index contributed by atoms with van der Waals surface area (Å²) in [6.45, 7) is -2.63. The van der Waals surface area contributed by atoms with Crippen LogP contribution in [0.1, 0.15) is 5.56 Å². The number of hydrogen-bond acceptors (Lipinski definition) is 4. The van der Waals surface area contributed by atoms with Crippen LogP contribution in [0.3, 0.4) is 0 Å². The number of hydrogen-bond donors (Lipinski definition) is 2. The van der Waals surface area contributed by atoms with Crippen LogP contribution in [-0.2, 0) is 16.1 Å². The maximum Gasteiger partial charge on any atom is 0.387 e. The van der Waals surface area contributed by atoms with Crippen molar-refractivity contribution in [1.82, 2.24) is 5.32 Å². The lowest BCUT2D eigenvalue weighted by Gasteiger charge is -2.07. The van der Waals surface area contributed by atoms with E-state index in [1.165, 1.54) is 12.1 Å². The Kier molecular flexibility index (Phi) is 6.78. The van der Waals surface area contributed by atoms with Gasteiger partial charge in [0, 0.05) is 6.54 Å². The van der Waals surface area contributed by atoms with E-state index in [0.717, 1.165) is 17.3 Å². The van der Waals surface area contributed by atoms with Gasteiger partial charge in [0.25, 0.3) is 0 Å². The lowest BCUT2D eigenvalue weighted by molar-refractivity contribution is -0.133. The van der Waals surface area contributed by atoms with E-state index in [-0.39, 0.29) is 29.7 Å². The second kappa shape index (κ2) is 8.36. The van der Waals surface area contributed by atoms with E-state index in [1.54, 1.807) is 12.1 Å². The molecular weight excluding hydrogens is 292 g/mol. The Morgan fingerprint density at radius 1 is 1.25 bits per heavy atom. The highest BCUT2D eigenvalue weighted by Crippen LogP contribution is 2.14. The Bertz CT molecular complexity index is 453. The maximum absolute atomic E-state index is 11.9. The molecule has 8 heteroatoms. The number of thioether (sulfide) groups is 1. The van der Waals surface area contributed by atoms with Gasteiger partial charge < -0.3 is 15.2 Å². The standard InChI is InChI=1S/C12H13F2NO4S/c13-12(14)19-9-3-1-8(2-4-9)5-15-10(16)6-20-7-11(17)18/h1-4,12H,5-7H2,(H,15,16)(H,17,18). The average Bonchev–Trinajstić information content (AvgIpc) is 2.37. The van der Waals surface area contributed by atoms with E-state index >= 15 is 0 Å². The van der Waals surface area contributed by atoms with Gasteiger partial charge in [0.2, 0.25) is 5.91 Å². The van der Waals surface area contributed by atoms with Gasteiger partial charge in [-0.05, 0) is 17.7 Å². The van der Waals surface area contributed by atoms with Crippen molar-refractivity contribution in [2.24, 2.45) is 0 Å². The van der Waals surface area contributed by atoms with Crippen molar-refractivity contribution in [3.05, 3.63) is 29.8 Å². The Hall–Kier alpha value is -1.83. The first-order chi connectivity index (χ1) is 9.47. The largest absolute Gasteiger partial charge is 0.481 e. The highest BCUT2D eigenvalue weighted by atomic mass is 32.2. The molecular formula is C12H13F2NO4S. The van der Waals surface area contributed by atoms with Crippen LogP contribution in [0.2, 0.25) is 0 Å². The fourth-order valence-electron chi connectivity index (χ4n) is 1.27. The topological polar surface area (TPSA) is 75.6 Å². The molecule has 0 bridgehead atoms. The van der Waals surface area contributed by atoms with Crippen LogP contribution < -0.4 is 10.1 Å². The minimum absolute atomic E-state index is 0.0482. The summed E-state index contributed by atoms with van der Waals surface area (Å²) in [4.78, 5) is 21.6. The van der Waals surface area contributed by atoms with Crippen molar-refractivity contribution >= 4 is 23.6 Å². The summed E-state index contributed by atoms with van der Waals surface area (Å²) in [6, 6.07) is 5.88. The monoisotopic (exact) mass is 305 g/mol. The summed E-state index contributed by atoms with van der Waals surface area (Å²) < 4.78 is 28.0. The van der Waals surface area contributed by atoms with Crippen molar-refractivity contribution in [2.45, 2.75) is 13.2 Å². The van der Waals surface area contributed by atoms with E-state index in [2.05, 4.69) is 10.1 Å². The van der Waals surface area contributed by atoms with E-state index in [9.17, 15) is 18.4 Å². The Morgan fingerprint density at radius 2 is 1.90 bits per heavy atom. The number of amides is 1. The lowest BCUT2D eigenvalue weighted by atomic mass is 10.2. The van der Waals surface area contributed by atoms with E-state index in [1.807, 2.05) is 0 Å². The maximum atomic E-state index is 11.9. The summed E-state index contributed by atoms with van der Waals surface area (Å²) in [6.07, 6.45) is 0. The van der Waals surface area contributed by atoms with Gasteiger partial charge in [-0.3, -0.25) is 9.59 Å². The first-order valence-electron chi connectivity index (χ1n) is 5.57. The molecule has 5 nitrogen and oxygen atoms in total. The third kappa shape index (κ3) is 6.93. The average molecular weight is 305 g/mol. The number of carboxylic acid groups (broad SMARTS) is 1. The van der Waals surface area contributed by atoms with Gasteiger partial charge in [0.15, 0.2) is 0 Å². The van der Waals surface area contributed by atoms with Gasteiger partial charge in [-0.15, -0.1) is 11.8 Å². The number of ether oxygens (including phenoxy) is 1. The molecule has 0 aliphatic heterocycles. The number of alkyl halides is 2. The molecule has 20 heavy (non-hydrogen) atoms. The van der Waals surface area contributed by atoms with Gasteiger partial charge in [-0.2, -0.15) is 8.78 Å². The van der Waals surface area contributed by atoms with E-state index in [4.69, 9.17) is 5.11 Å². The summed E-state index contributed by atoms with van der Waals surface area (Å²) in [7, 11) is 0. The molecule has 0 radical (unpaired) electrons. The molecule has 0 aliphatic carbocycles. The van der Waals surface area contributed by atoms with Crippen LogP contribution >= 0.6 is 11.8 Å². The summed E-state index contributed by atoms with van der Waals surface area (Å²) >= 11 is 0.999. The smallest absolute Gasteiger partial charge is 0.387 e. The first-order valence-corrected chi connectivity index (χ1v) is 6.73. The van der Waals surface area contributed by atoms with Crippen LogP contribution in [0, 0.1) is 0 Å². The normalized spacial score (nSPS) is 10.3. The molecule has 1 aromatic carbocycles. The quantitative estimate of drug-likeness (QED) is 0.765. The Morgan fingerprint density at radius 3 is 2.45 bits per heavy atom. The Labute approximate surface area is 118 Å². The molecule has 0 atom stereocenters. The molecule has 0 heterocycles. The van der Waals surface area contributed by atoms with Crippen molar-refractivity contribution in [1.29, 1.82) is 0 Å². The number of rotatable bonds is 8. The lowest BCUT2D eigenvalue weighted by Crippen LogP contribution is -2.25. The molecule has 2 N–H and O–H groups in total. The third-order valence-corrected chi connectivity index (χ3v) is 3.01. The van der Waals surface area contributed by atoms with Crippen molar-refractivity contribution in [3.8, 4) is 5.75 Å². The predicted molar refractivity (Wildman–Crippen MR) is 69.9 cm³/mol. The highest BCUT2D eigenvalue weighted by molar-refractivity contribution is 8.00. The van der Waals surface area contributed by atoms with E-state index < -0.39 is 12.6 Å². The first kappa shape index (κ1) is 16.2. The van der Waals surface area contributed by atoms with Gasteiger partial charge in [0.05, 0.1) is 11.5 Å². The van der Waals surface area contributed by atoms with E-state index in [0.29, 0.717) is 0 Å². The molecule has 0 aliphatic rings. The van der Waals surface area contributed by atoms with Crippen LogP contribution in [0.15, 0.2) is 24.3 Å². The van der Waals surface area contributed by atoms with Gasteiger partial charge in [-0.1, -0.05) is 12.1 Å². The van der Waals surface area contributed by atoms with Crippen molar-refractivity contribution in [2.75, 3.05) is 11.5 Å². The molecule has 1 rings (SSSR count). The van der Waals surface area contributed by atoms with Gasteiger partial charge in [-0.25, -0.2) is 0 Å². The number of benzene rings is 1. The van der Waals surface area contributed by atoms with Crippen LogP contribution in [0.5, 0.6) is 5.75 Å². The number of halogens is 2. The number of carboxylic acids is 1. The highest BCUT2D eigenvalue weighted by Gasteiger charge is 2.06. The van der Waals surface area contributed by atoms with Gasteiger partial charge >= 0.3 is 12.6 Å². The molecule has 0 spiro atoms. The number of carbonyl (C=O) groups is 2. The minimum Gasteiger partial charge on any atom is -0.481 e. The molecule has 0 saturated heterocycles. The summed E-state index contributed by atoms with van der Waals surface area (Å²) in [5.41, 5.74) is 0.725.